The molecular formula is C57H43NO. The van der Waals surface area contributed by atoms with Gasteiger partial charge in [0, 0.05) is 10.8 Å². The Kier molecular flexibility index (Phi) is 7.67. The molecular weight excluding hydrogens is 715 g/mol. The van der Waals surface area contributed by atoms with E-state index in [1.807, 2.05) is 18.2 Å². The summed E-state index contributed by atoms with van der Waals surface area (Å²) in [7, 11) is 0. The Balaban J connectivity index is 0.885. The van der Waals surface area contributed by atoms with Crippen molar-refractivity contribution in [2.45, 2.75) is 49.4 Å². The van der Waals surface area contributed by atoms with Crippen LogP contribution in [0.3, 0.4) is 0 Å². The van der Waals surface area contributed by atoms with Crippen molar-refractivity contribution < 1.29 is 4.42 Å². The zero-order chi connectivity index (χ0) is 39.1. The van der Waals surface area contributed by atoms with Gasteiger partial charge in [0.1, 0.15) is 11.2 Å². The Bertz CT molecular complexity index is 3110. The largest absolute Gasteiger partial charge is 0.456 e. The molecule has 2 nitrogen and oxygen atoms in total. The highest BCUT2D eigenvalue weighted by atomic mass is 16.3. The van der Waals surface area contributed by atoms with Gasteiger partial charge in [0.25, 0.3) is 0 Å². The number of furan rings is 1. The summed E-state index contributed by atoms with van der Waals surface area (Å²) in [5, 5.41) is 14.0. The van der Waals surface area contributed by atoms with E-state index in [1.165, 1.54) is 105 Å². The summed E-state index contributed by atoms with van der Waals surface area (Å²) in [4.78, 5) is 0. The lowest BCUT2D eigenvalue weighted by Gasteiger charge is -2.63. The lowest BCUT2D eigenvalue weighted by atomic mass is 9.41. The maximum atomic E-state index is 9.35. The minimum atomic E-state index is 0.219. The molecule has 0 saturated heterocycles. The fourth-order valence-corrected chi connectivity index (χ4v) is 12.2. The van der Waals surface area contributed by atoms with Gasteiger partial charge in [0.05, 0.1) is 11.6 Å². The van der Waals surface area contributed by atoms with E-state index in [-0.39, 0.29) is 10.8 Å². The molecule has 4 fully saturated rings. The van der Waals surface area contributed by atoms with Gasteiger partial charge in [-0.1, -0.05) is 127 Å². The van der Waals surface area contributed by atoms with Crippen LogP contribution >= 0.6 is 0 Å². The summed E-state index contributed by atoms with van der Waals surface area (Å²) < 4.78 is 6.33. The van der Waals surface area contributed by atoms with Crippen molar-refractivity contribution in [3.63, 3.8) is 0 Å². The van der Waals surface area contributed by atoms with Crippen molar-refractivity contribution in [1.29, 1.82) is 5.26 Å². The summed E-state index contributed by atoms with van der Waals surface area (Å²) >= 11 is 0. The third-order valence-corrected chi connectivity index (χ3v) is 14.4. The molecule has 0 aliphatic heterocycles. The molecule has 1 heterocycles. The highest BCUT2D eigenvalue weighted by molar-refractivity contribution is 6.12. The van der Waals surface area contributed by atoms with Gasteiger partial charge in [-0.25, -0.2) is 0 Å². The molecule has 1 aromatic heterocycles. The Labute approximate surface area is 345 Å². The number of nitriles is 1. The van der Waals surface area contributed by atoms with Gasteiger partial charge >= 0.3 is 0 Å². The second kappa shape index (κ2) is 13.2. The first-order valence-corrected chi connectivity index (χ1v) is 21.3. The summed E-state index contributed by atoms with van der Waals surface area (Å²) in [6.07, 6.45) is 7.87. The van der Waals surface area contributed by atoms with Crippen LogP contribution in [0.4, 0.5) is 0 Å². The van der Waals surface area contributed by atoms with Gasteiger partial charge < -0.3 is 4.42 Å². The molecule has 0 radical (unpaired) electrons. The number of hydrogen-bond donors (Lipinski definition) is 0. The maximum Gasteiger partial charge on any atom is 0.136 e. The molecule has 2 atom stereocenters. The van der Waals surface area contributed by atoms with Crippen molar-refractivity contribution >= 4 is 32.7 Å². The fraction of sp³-hybridized carbons (Fsp3) is 0.175. The van der Waals surface area contributed by atoms with E-state index in [9.17, 15) is 5.26 Å². The predicted octanol–water partition coefficient (Wildman–Crippen LogP) is 15.1. The lowest BCUT2D eigenvalue weighted by molar-refractivity contribution is -0.0281. The summed E-state index contributed by atoms with van der Waals surface area (Å²) in [5.74, 6) is 1.56. The molecule has 8 aromatic carbocycles. The summed E-state index contributed by atoms with van der Waals surface area (Å²) in [6, 6.07) is 66.9. The maximum absolute atomic E-state index is 9.35. The minimum absolute atomic E-state index is 0.219. The molecule has 13 rings (SSSR count). The fourth-order valence-electron chi connectivity index (χ4n) is 12.2. The molecule has 4 aliphatic carbocycles. The Morgan fingerprint density at radius 2 is 1.02 bits per heavy atom. The molecule has 4 saturated carbocycles. The number of fused-ring (bicyclic) bond motifs is 4. The zero-order valence-electron chi connectivity index (χ0n) is 33.0. The van der Waals surface area contributed by atoms with Crippen LogP contribution in [-0.2, 0) is 10.8 Å². The number of rotatable bonds is 6. The average Bonchev–Trinajstić information content (AvgIpc) is 3.68. The highest BCUT2D eigenvalue weighted by Gasteiger charge is 2.58. The molecule has 0 N–H and O–H groups in total. The van der Waals surface area contributed by atoms with Crippen LogP contribution in [0.1, 0.15) is 55.2 Å². The smallest absolute Gasteiger partial charge is 0.136 e. The summed E-state index contributed by atoms with van der Waals surface area (Å²) in [6.45, 7) is 0. The van der Waals surface area contributed by atoms with Gasteiger partial charge in [-0.2, -0.15) is 5.26 Å². The van der Waals surface area contributed by atoms with Crippen molar-refractivity contribution in [1.82, 2.24) is 0 Å². The van der Waals surface area contributed by atoms with Crippen LogP contribution in [0.2, 0.25) is 0 Å². The average molecular weight is 758 g/mol. The number of hydrogen-bond acceptors (Lipinski definition) is 2. The van der Waals surface area contributed by atoms with E-state index in [4.69, 9.17) is 4.42 Å². The van der Waals surface area contributed by atoms with Crippen LogP contribution in [-0.4, -0.2) is 0 Å². The van der Waals surface area contributed by atoms with Crippen LogP contribution in [0.5, 0.6) is 0 Å². The van der Waals surface area contributed by atoms with Crippen molar-refractivity contribution in [3.8, 4) is 50.6 Å². The van der Waals surface area contributed by atoms with Crippen molar-refractivity contribution in [2.24, 2.45) is 11.8 Å². The molecule has 2 unspecified atom stereocenters. The quantitative estimate of drug-likeness (QED) is 0.169. The third kappa shape index (κ3) is 5.67. The van der Waals surface area contributed by atoms with Gasteiger partial charge in [0.15, 0.2) is 0 Å². The van der Waals surface area contributed by atoms with E-state index in [0.717, 1.165) is 33.8 Å². The highest BCUT2D eigenvalue weighted by Crippen LogP contribution is 2.66. The first kappa shape index (κ1) is 34.4. The molecule has 4 bridgehead atoms. The van der Waals surface area contributed by atoms with Crippen LogP contribution in [0.15, 0.2) is 180 Å². The van der Waals surface area contributed by atoms with Crippen LogP contribution in [0, 0.1) is 23.2 Å². The predicted molar refractivity (Wildman–Crippen MR) is 242 cm³/mol. The first-order chi connectivity index (χ1) is 29.0. The lowest BCUT2D eigenvalue weighted by Crippen LogP contribution is -2.55. The van der Waals surface area contributed by atoms with Crippen molar-refractivity contribution in [2.75, 3.05) is 0 Å². The number of para-hydroxylation sites is 1. The Morgan fingerprint density at radius 1 is 0.458 bits per heavy atom. The van der Waals surface area contributed by atoms with E-state index in [2.05, 4.69) is 164 Å². The zero-order valence-corrected chi connectivity index (χ0v) is 33.0. The second-order valence-electron chi connectivity index (χ2n) is 18.0. The second-order valence-corrected chi connectivity index (χ2v) is 18.0. The van der Waals surface area contributed by atoms with E-state index in [0.29, 0.717) is 5.56 Å². The summed E-state index contributed by atoms with van der Waals surface area (Å²) in [5.41, 5.74) is 15.9. The third-order valence-electron chi connectivity index (χ3n) is 14.4. The van der Waals surface area contributed by atoms with Gasteiger partial charge in [-0.05, 0) is 176 Å². The first-order valence-electron chi connectivity index (χ1n) is 21.3. The van der Waals surface area contributed by atoms with Gasteiger partial charge in [-0.15, -0.1) is 0 Å². The van der Waals surface area contributed by atoms with E-state index >= 15 is 0 Å². The standard InChI is InChI=1S/C57H43NO/c58-35-37-13-14-45-27-44(16-15-43(45)26-37)41-17-21-49(22-18-41)56-31-38-25-39(32-56)34-57(33-38,36-56)50-23-19-42(20-24-50)47-28-46(40-7-2-1-3-8-40)29-48(30-47)51-10-6-12-54-55(51)52-9-4-5-11-53(52)59-54/h1-24,26-30,38-39H,25,31-34,36H2. The molecule has 2 heteroatoms. The van der Waals surface area contributed by atoms with Crippen molar-refractivity contribution in [3.05, 3.63) is 193 Å². The normalized spacial score (nSPS) is 21.9. The van der Waals surface area contributed by atoms with E-state index in [1.54, 1.807) is 0 Å². The van der Waals surface area contributed by atoms with Gasteiger partial charge in [-0.3, -0.25) is 0 Å². The topological polar surface area (TPSA) is 36.9 Å². The van der Waals surface area contributed by atoms with Gasteiger partial charge in [0.2, 0.25) is 0 Å². The SMILES string of the molecule is N#Cc1ccc2cc(-c3ccc(C45CC6CC(CC(c7ccc(-c8cc(-c9ccccc9)cc(-c9cccc%10oc%11ccccc%11c9%10)c8)cc7)(C6)C4)C5)cc3)ccc2c1. The molecule has 9 aromatic rings. The molecule has 282 valence electrons. The Morgan fingerprint density at radius 3 is 1.71 bits per heavy atom. The monoisotopic (exact) mass is 757 g/mol. The molecule has 59 heavy (non-hydrogen) atoms. The number of benzene rings is 8. The van der Waals surface area contributed by atoms with E-state index < -0.39 is 0 Å². The van der Waals surface area contributed by atoms with Crippen LogP contribution in [0.25, 0.3) is 77.2 Å². The van der Waals surface area contributed by atoms with Crippen LogP contribution < -0.4 is 0 Å². The molecule has 0 amide bonds. The Hall–Kier alpha value is -6.69. The molecule has 4 aliphatic rings. The number of nitrogens with zero attached hydrogens (tertiary/aromatic N) is 1. The molecule has 0 spiro atoms. The minimum Gasteiger partial charge on any atom is -0.456 e.